The predicted molar refractivity (Wildman–Crippen MR) is 305 cm³/mol. The first-order chi connectivity index (χ1) is 36.2. The van der Waals surface area contributed by atoms with Gasteiger partial charge in [-0.3, -0.25) is 0 Å². The van der Waals surface area contributed by atoms with Crippen LogP contribution in [0.5, 0.6) is 0 Å². The second kappa shape index (κ2) is 15.3. The largest absolute Gasteiger partial charge is 0.248 e. The van der Waals surface area contributed by atoms with Crippen LogP contribution in [0.25, 0.3) is 98.0 Å². The van der Waals surface area contributed by atoms with Gasteiger partial charge in [-0.1, -0.05) is 224 Å². The molecule has 13 aromatic rings. The van der Waals surface area contributed by atoms with Crippen molar-refractivity contribution in [1.82, 2.24) is 4.98 Å². The average molecular weight is 942 g/mol. The molecule has 2 heteroatoms. The van der Waals surface area contributed by atoms with Crippen molar-refractivity contribution in [2.45, 2.75) is 10.8 Å². The summed E-state index contributed by atoms with van der Waals surface area (Å²) in [5, 5.41) is 5.05. The summed E-state index contributed by atoms with van der Waals surface area (Å²) in [7, 11) is 0. The Kier molecular flexibility index (Phi) is 8.53. The van der Waals surface area contributed by atoms with Gasteiger partial charge in [-0.15, -0.1) is 11.3 Å². The Morgan fingerprint density at radius 3 is 1.44 bits per heavy atom. The zero-order valence-corrected chi connectivity index (χ0v) is 40.5. The van der Waals surface area contributed by atoms with Gasteiger partial charge >= 0.3 is 0 Å². The normalized spacial score (nSPS) is 14.0. The predicted octanol–water partition coefficient (Wildman–Crippen LogP) is 18.3. The van der Waals surface area contributed by atoms with Crippen LogP contribution >= 0.6 is 11.3 Å². The molecule has 0 radical (unpaired) electrons. The number of pyridine rings is 1. The standard InChI is InChI=1S/C71H43NS/c1-2-18-47(19-3-1)66-40-49(41-67(72-66)53-25-16-20-46-17-4-5-21-50(46)53)45-35-33-44(34-36-45)48-37-38-60-55(39-48)56-43-69-57(54-24-8-15-32-68(54)73-69)42-65(56)71(60)63-30-13-11-28-61(63)70(62-29-12-14-31-64(62)71)58-26-9-6-22-51(58)52-23-7-10-27-59(52)70/h1-43H. The van der Waals surface area contributed by atoms with Crippen molar-refractivity contribution in [2.75, 3.05) is 0 Å². The van der Waals surface area contributed by atoms with Gasteiger partial charge in [0.2, 0.25) is 0 Å². The fourth-order valence-electron chi connectivity index (χ4n) is 13.6. The highest BCUT2D eigenvalue weighted by atomic mass is 32.1. The van der Waals surface area contributed by atoms with E-state index >= 15 is 0 Å². The molecule has 11 aromatic carbocycles. The number of hydrogen-bond donors (Lipinski definition) is 0. The minimum Gasteiger partial charge on any atom is -0.248 e. The maximum atomic E-state index is 5.30. The topological polar surface area (TPSA) is 12.9 Å². The summed E-state index contributed by atoms with van der Waals surface area (Å²) < 4.78 is 2.64. The number of thiophene rings is 1. The second-order valence-electron chi connectivity index (χ2n) is 20.0. The van der Waals surface area contributed by atoms with Gasteiger partial charge in [0.05, 0.1) is 22.2 Å². The van der Waals surface area contributed by atoms with E-state index in [-0.39, 0.29) is 0 Å². The molecular weight excluding hydrogens is 899 g/mol. The molecule has 1 nitrogen and oxygen atoms in total. The van der Waals surface area contributed by atoms with Crippen molar-refractivity contribution in [3.63, 3.8) is 0 Å². The van der Waals surface area contributed by atoms with E-state index in [0.717, 1.165) is 33.6 Å². The van der Waals surface area contributed by atoms with E-state index in [2.05, 4.69) is 261 Å². The lowest BCUT2D eigenvalue weighted by atomic mass is 9.52. The second-order valence-corrected chi connectivity index (χ2v) is 21.1. The maximum absolute atomic E-state index is 5.30. The summed E-state index contributed by atoms with van der Waals surface area (Å²) in [6, 6.07) is 97.9. The van der Waals surface area contributed by atoms with Gasteiger partial charge in [0.1, 0.15) is 0 Å². The van der Waals surface area contributed by atoms with Crippen LogP contribution in [-0.2, 0) is 10.8 Å². The highest BCUT2D eigenvalue weighted by molar-refractivity contribution is 7.25. The van der Waals surface area contributed by atoms with Crippen LogP contribution in [0.2, 0.25) is 0 Å². The molecule has 3 aliphatic carbocycles. The van der Waals surface area contributed by atoms with E-state index < -0.39 is 10.8 Å². The smallest absolute Gasteiger partial charge is 0.0721 e. The van der Waals surface area contributed by atoms with E-state index in [1.165, 1.54) is 109 Å². The molecule has 0 atom stereocenters. The van der Waals surface area contributed by atoms with Crippen LogP contribution in [0.4, 0.5) is 0 Å². The molecule has 0 N–H and O–H groups in total. The van der Waals surface area contributed by atoms with E-state index in [0.29, 0.717) is 0 Å². The highest BCUT2D eigenvalue weighted by Crippen LogP contribution is 2.68. The Balaban J connectivity index is 0.901. The molecule has 2 heterocycles. The van der Waals surface area contributed by atoms with Crippen molar-refractivity contribution in [1.29, 1.82) is 0 Å². The molecule has 338 valence electrons. The molecule has 0 bridgehead atoms. The molecule has 2 aromatic heterocycles. The van der Waals surface area contributed by atoms with Gasteiger partial charge in [-0.05, 0) is 136 Å². The fourth-order valence-corrected chi connectivity index (χ4v) is 14.7. The van der Waals surface area contributed by atoms with Crippen LogP contribution in [0, 0.1) is 0 Å². The van der Waals surface area contributed by atoms with Gasteiger partial charge in [0, 0.05) is 31.3 Å². The Morgan fingerprint density at radius 2 is 0.740 bits per heavy atom. The first-order valence-electron chi connectivity index (χ1n) is 25.3. The first kappa shape index (κ1) is 40.7. The van der Waals surface area contributed by atoms with E-state index in [9.17, 15) is 0 Å². The molecule has 2 spiro atoms. The van der Waals surface area contributed by atoms with Crippen LogP contribution in [-0.4, -0.2) is 4.98 Å². The summed E-state index contributed by atoms with van der Waals surface area (Å²) in [4.78, 5) is 5.30. The number of fused-ring (bicyclic) bond motifs is 20. The summed E-state index contributed by atoms with van der Waals surface area (Å²) in [6.07, 6.45) is 0. The number of benzene rings is 11. The number of rotatable bonds is 4. The molecule has 0 aliphatic heterocycles. The summed E-state index contributed by atoms with van der Waals surface area (Å²) in [5.74, 6) is 0. The monoisotopic (exact) mass is 941 g/mol. The molecule has 0 saturated heterocycles. The highest BCUT2D eigenvalue weighted by Gasteiger charge is 2.59. The minimum absolute atomic E-state index is 0.484. The molecule has 0 amide bonds. The Bertz CT molecular complexity index is 4340. The van der Waals surface area contributed by atoms with Crippen molar-refractivity contribution >= 4 is 42.3 Å². The maximum Gasteiger partial charge on any atom is 0.0721 e. The van der Waals surface area contributed by atoms with E-state index in [1.54, 1.807) is 0 Å². The first-order valence-corrected chi connectivity index (χ1v) is 26.2. The van der Waals surface area contributed by atoms with Crippen molar-refractivity contribution in [2.24, 2.45) is 0 Å². The summed E-state index contributed by atoms with van der Waals surface area (Å²) in [6.45, 7) is 0. The summed E-state index contributed by atoms with van der Waals surface area (Å²) in [5.41, 5.74) is 23.9. The Labute approximate surface area is 428 Å². The van der Waals surface area contributed by atoms with Gasteiger partial charge in [-0.25, -0.2) is 4.98 Å². The van der Waals surface area contributed by atoms with Crippen LogP contribution in [0.15, 0.2) is 261 Å². The van der Waals surface area contributed by atoms with Gasteiger partial charge < -0.3 is 0 Å². The fraction of sp³-hybridized carbons (Fsp3) is 0.0282. The molecule has 0 fully saturated rings. The molecule has 73 heavy (non-hydrogen) atoms. The van der Waals surface area contributed by atoms with Crippen LogP contribution in [0.1, 0.15) is 44.5 Å². The molecule has 16 rings (SSSR count). The third kappa shape index (κ3) is 5.53. The van der Waals surface area contributed by atoms with E-state index in [1.807, 2.05) is 11.3 Å². The lowest BCUT2D eigenvalue weighted by Crippen LogP contribution is -2.43. The number of nitrogens with zero attached hydrogens (tertiary/aromatic N) is 1. The quantitative estimate of drug-likeness (QED) is 0.171. The molecule has 3 aliphatic rings. The van der Waals surface area contributed by atoms with Crippen molar-refractivity contribution in [3.8, 4) is 67.0 Å². The van der Waals surface area contributed by atoms with Crippen molar-refractivity contribution < 1.29 is 0 Å². The van der Waals surface area contributed by atoms with Gasteiger partial charge in [-0.2, -0.15) is 0 Å². The zero-order chi connectivity index (χ0) is 47.8. The zero-order valence-electron chi connectivity index (χ0n) is 39.7. The third-order valence-electron chi connectivity index (χ3n) is 16.6. The number of hydrogen-bond acceptors (Lipinski definition) is 2. The van der Waals surface area contributed by atoms with Gasteiger partial charge in [0.15, 0.2) is 0 Å². The Morgan fingerprint density at radius 1 is 0.247 bits per heavy atom. The SMILES string of the molecule is c1ccc(-c2cc(-c3ccc(-c4ccc5c(c4)-c4cc6sc7ccccc7c6cc4C54c5ccccc5C5(c6ccccc6-c6ccccc65)c5ccccc54)cc3)cc(-c3cccc4ccccc34)n2)cc1. The number of aromatic nitrogens is 1. The van der Waals surface area contributed by atoms with Crippen LogP contribution in [0.3, 0.4) is 0 Å². The Hall–Kier alpha value is -8.95. The molecule has 0 unspecified atom stereocenters. The lowest BCUT2D eigenvalue weighted by Gasteiger charge is -2.48. The molecule has 0 saturated carbocycles. The van der Waals surface area contributed by atoms with Crippen LogP contribution < -0.4 is 0 Å². The van der Waals surface area contributed by atoms with Crippen molar-refractivity contribution in [3.05, 3.63) is 305 Å². The van der Waals surface area contributed by atoms with E-state index in [4.69, 9.17) is 4.98 Å². The summed E-state index contributed by atoms with van der Waals surface area (Å²) >= 11 is 1.90. The molecular formula is C71H43NS. The third-order valence-corrected chi connectivity index (χ3v) is 17.7. The average Bonchev–Trinajstić information content (AvgIpc) is 4.20. The lowest BCUT2D eigenvalue weighted by molar-refractivity contribution is 0.633. The van der Waals surface area contributed by atoms with Gasteiger partial charge in [0.25, 0.3) is 0 Å². The minimum atomic E-state index is -0.575.